The highest BCUT2D eigenvalue weighted by Gasteiger charge is 2.02. The van der Waals surface area contributed by atoms with Crippen molar-refractivity contribution in [2.24, 2.45) is 0 Å². The minimum absolute atomic E-state index is 0. The fourth-order valence-electron chi connectivity index (χ4n) is 0.415. The molecule has 42 valence electrons. The van der Waals surface area contributed by atoms with E-state index in [0.717, 1.165) is 13.1 Å². The van der Waals surface area contributed by atoms with Gasteiger partial charge in [0.05, 0.1) is 0 Å². The molecule has 0 aliphatic carbocycles. The van der Waals surface area contributed by atoms with Gasteiger partial charge in [0.1, 0.15) is 0 Å². The minimum Gasteiger partial charge on any atom is -0.336 e. The second kappa shape index (κ2) is 2.85. The molecular weight excluding hydrogens is 160 g/mol. The number of hydrogen-bond donors (Lipinski definition) is 2. The number of carbonyl (C=O) groups is 1. The SMILES string of the molecule is Br.O=C1NCCN1. The molecule has 0 saturated carbocycles. The number of halogens is 1. The van der Waals surface area contributed by atoms with E-state index in [2.05, 4.69) is 10.6 Å². The number of nitrogens with one attached hydrogen (secondary N) is 2. The largest absolute Gasteiger partial charge is 0.336 e. The van der Waals surface area contributed by atoms with E-state index in [1.54, 1.807) is 0 Å². The maximum atomic E-state index is 10.0. The van der Waals surface area contributed by atoms with Crippen LogP contribution in [0.2, 0.25) is 0 Å². The summed E-state index contributed by atoms with van der Waals surface area (Å²) in [6, 6.07) is -0.0463. The van der Waals surface area contributed by atoms with Gasteiger partial charge in [0.15, 0.2) is 0 Å². The van der Waals surface area contributed by atoms with E-state index in [1.807, 2.05) is 0 Å². The topological polar surface area (TPSA) is 41.1 Å². The van der Waals surface area contributed by atoms with Crippen LogP contribution in [0.5, 0.6) is 0 Å². The van der Waals surface area contributed by atoms with Gasteiger partial charge in [0.2, 0.25) is 0 Å². The van der Waals surface area contributed by atoms with E-state index >= 15 is 0 Å². The molecule has 0 radical (unpaired) electrons. The third kappa shape index (κ3) is 1.77. The number of hydrogen-bond acceptors (Lipinski definition) is 1. The lowest BCUT2D eigenvalue weighted by molar-refractivity contribution is 0.248. The lowest BCUT2D eigenvalue weighted by atomic mass is 10.7. The van der Waals surface area contributed by atoms with Gasteiger partial charge in [0.25, 0.3) is 0 Å². The maximum absolute atomic E-state index is 10.0. The zero-order valence-electron chi connectivity index (χ0n) is 3.73. The van der Waals surface area contributed by atoms with Gasteiger partial charge < -0.3 is 10.6 Å². The summed E-state index contributed by atoms with van der Waals surface area (Å²) in [5.41, 5.74) is 0. The second-order valence-corrected chi connectivity index (χ2v) is 1.18. The van der Waals surface area contributed by atoms with Crippen molar-refractivity contribution in [1.29, 1.82) is 0 Å². The lowest BCUT2D eigenvalue weighted by Crippen LogP contribution is -2.20. The van der Waals surface area contributed by atoms with Crippen molar-refractivity contribution >= 4 is 23.0 Å². The molecule has 0 unspecified atom stereocenters. The molecule has 0 aromatic carbocycles. The fraction of sp³-hybridized carbons (Fsp3) is 0.667. The number of amides is 2. The molecule has 7 heavy (non-hydrogen) atoms. The molecule has 1 aliphatic heterocycles. The first-order valence-electron chi connectivity index (χ1n) is 1.91. The summed E-state index contributed by atoms with van der Waals surface area (Å²) in [5.74, 6) is 0. The van der Waals surface area contributed by atoms with E-state index in [0.29, 0.717) is 0 Å². The van der Waals surface area contributed by atoms with Gasteiger partial charge in [-0.05, 0) is 0 Å². The highest BCUT2D eigenvalue weighted by atomic mass is 79.9. The molecule has 1 saturated heterocycles. The first-order chi connectivity index (χ1) is 2.89. The molecule has 0 bridgehead atoms. The van der Waals surface area contributed by atoms with Crippen molar-refractivity contribution in [2.75, 3.05) is 13.1 Å². The van der Waals surface area contributed by atoms with E-state index in [9.17, 15) is 4.79 Å². The van der Waals surface area contributed by atoms with E-state index in [1.165, 1.54) is 0 Å². The zero-order chi connectivity index (χ0) is 4.41. The molecule has 1 aliphatic rings. The third-order valence-corrected chi connectivity index (χ3v) is 0.696. The molecule has 2 N–H and O–H groups in total. The van der Waals surface area contributed by atoms with Crippen LogP contribution in [0.15, 0.2) is 0 Å². The Morgan fingerprint density at radius 1 is 1.29 bits per heavy atom. The summed E-state index contributed by atoms with van der Waals surface area (Å²) in [6.45, 7) is 1.55. The van der Waals surface area contributed by atoms with Gasteiger partial charge in [-0.15, -0.1) is 17.0 Å². The zero-order valence-corrected chi connectivity index (χ0v) is 5.44. The summed E-state index contributed by atoms with van der Waals surface area (Å²) in [5, 5.41) is 5.14. The predicted molar refractivity (Wildman–Crippen MR) is 31.7 cm³/mol. The highest BCUT2D eigenvalue weighted by molar-refractivity contribution is 8.93. The van der Waals surface area contributed by atoms with Gasteiger partial charge in [-0.25, -0.2) is 4.79 Å². The van der Waals surface area contributed by atoms with Crippen LogP contribution in [-0.2, 0) is 0 Å². The van der Waals surface area contributed by atoms with Crippen LogP contribution < -0.4 is 10.6 Å². The van der Waals surface area contributed by atoms with Crippen molar-refractivity contribution < 1.29 is 4.79 Å². The standard InChI is InChI=1S/C3H6N2O.BrH/c6-3-4-1-2-5-3;/h1-2H2,(H2,4,5,6);1H. The quantitative estimate of drug-likeness (QED) is 0.518. The Balaban J connectivity index is 0.000000360. The van der Waals surface area contributed by atoms with Crippen molar-refractivity contribution in [1.82, 2.24) is 10.6 Å². The summed E-state index contributed by atoms with van der Waals surface area (Å²) < 4.78 is 0. The number of carbonyl (C=O) groups excluding carboxylic acids is 1. The lowest BCUT2D eigenvalue weighted by Gasteiger charge is -1.80. The Labute approximate surface area is 52.2 Å². The van der Waals surface area contributed by atoms with Crippen LogP contribution in [0.4, 0.5) is 4.79 Å². The fourth-order valence-corrected chi connectivity index (χ4v) is 0.415. The number of rotatable bonds is 0. The maximum Gasteiger partial charge on any atom is 0.314 e. The van der Waals surface area contributed by atoms with Crippen LogP contribution in [0, 0.1) is 0 Å². The monoisotopic (exact) mass is 166 g/mol. The summed E-state index contributed by atoms with van der Waals surface area (Å²) >= 11 is 0. The van der Waals surface area contributed by atoms with E-state index in [4.69, 9.17) is 0 Å². The molecule has 0 aromatic heterocycles. The first-order valence-corrected chi connectivity index (χ1v) is 1.91. The molecule has 4 heteroatoms. The van der Waals surface area contributed by atoms with E-state index < -0.39 is 0 Å². The Kier molecular flexibility index (Phi) is 2.75. The molecule has 2 amide bonds. The van der Waals surface area contributed by atoms with Gasteiger partial charge in [0, 0.05) is 13.1 Å². The van der Waals surface area contributed by atoms with Crippen LogP contribution in [0.25, 0.3) is 0 Å². The molecule has 0 atom stereocenters. The summed E-state index contributed by atoms with van der Waals surface area (Å²) in [7, 11) is 0. The van der Waals surface area contributed by atoms with Crippen molar-refractivity contribution in [3.05, 3.63) is 0 Å². The van der Waals surface area contributed by atoms with Gasteiger partial charge >= 0.3 is 6.03 Å². The average molecular weight is 167 g/mol. The molecular formula is C3H7BrN2O. The second-order valence-electron chi connectivity index (χ2n) is 1.18. The van der Waals surface area contributed by atoms with Crippen LogP contribution in [0.1, 0.15) is 0 Å². The molecule has 0 spiro atoms. The molecule has 1 rings (SSSR count). The Morgan fingerprint density at radius 2 is 1.71 bits per heavy atom. The smallest absolute Gasteiger partial charge is 0.314 e. The van der Waals surface area contributed by atoms with Gasteiger partial charge in [-0.3, -0.25) is 0 Å². The Hall–Kier alpha value is -0.250. The Morgan fingerprint density at radius 3 is 1.86 bits per heavy atom. The molecule has 0 aromatic rings. The van der Waals surface area contributed by atoms with Gasteiger partial charge in [-0.1, -0.05) is 0 Å². The highest BCUT2D eigenvalue weighted by Crippen LogP contribution is 1.69. The molecule has 3 nitrogen and oxygen atoms in total. The minimum atomic E-state index is -0.0463. The van der Waals surface area contributed by atoms with Gasteiger partial charge in [-0.2, -0.15) is 0 Å². The predicted octanol–water partition coefficient (Wildman–Crippen LogP) is -0.123. The first kappa shape index (κ1) is 6.75. The van der Waals surface area contributed by atoms with E-state index in [-0.39, 0.29) is 23.0 Å². The molecule has 1 fully saturated rings. The molecule has 1 heterocycles. The van der Waals surface area contributed by atoms with Crippen LogP contribution in [-0.4, -0.2) is 19.1 Å². The number of urea groups is 1. The summed E-state index contributed by atoms with van der Waals surface area (Å²) in [6.07, 6.45) is 0. The normalized spacial score (nSPS) is 16.9. The van der Waals surface area contributed by atoms with Crippen molar-refractivity contribution in [3.63, 3.8) is 0 Å². The third-order valence-electron chi connectivity index (χ3n) is 0.696. The average Bonchev–Trinajstić information content (AvgIpc) is 1.86. The van der Waals surface area contributed by atoms with Crippen molar-refractivity contribution in [2.45, 2.75) is 0 Å². The Bertz CT molecular complexity index is 67.3. The van der Waals surface area contributed by atoms with Crippen molar-refractivity contribution in [3.8, 4) is 0 Å². The summed E-state index contributed by atoms with van der Waals surface area (Å²) in [4.78, 5) is 10.0. The van der Waals surface area contributed by atoms with Crippen LogP contribution in [0.3, 0.4) is 0 Å². The van der Waals surface area contributed by atoms with Crippen LogP contribution >= 0.6 is 17.0 Å².